The van der Waals surface area contributed by atoms with Crippen molar-refractivity contribution < 1.29 is 0 Å². The van der Waals surface area contributed by atoms with E-state index < -0.39 is 0 Å². The SMILES string of the molecule is C1=C\CCC(C23CCC4CCC(CC2)P43)CCC/1. The van der Waals surface area contributed by atoms with E-state index in [1.165, 1.54) is 37.0 Å². The van der Waals surface area contributed by atoms with Gasteiger partial charge in [0.1, 0.15) is 0 Å². The molecule has 3 saturated heterocycles. The Labute approximate surface area is 113 Å². The molecule has 3 aliphatic heterocycles. The Hall–Kier alpha value is 0.170. The van der Waals surface area contributed by atoms with Gasteiger partial charge in [-0.2, -0.15) is 0 Å². The first kappa shape index (κ1) is 12.0. The minimum absolute atomic E-state index is 0.444. The first-order valence-corrected chi connectivity index (χ1v) is 9.82. The van der Waals surface area contributed by atoms with Gasteiger partial charge in [0, 0.05) is 0 Å². The Morgan fingerprint density at radius 3 is 2.28 bits per heavy atom. The van der Waals surface area contributed by atoms with E-state index in [4.69, 9.17) is 0 Å². The Balaban J connectivity index is 1.60. The second kappa shape index (κ2) is 4.62. The van der Waals surface area contributed by atoms with Crippen molar-refractivity contribution in [2.45, 2.75) is 87.1 Å². The fourth-order valence-corrected chi connectivity index (χ4v) is 11.0. The highest BCUT2D eigenvalue weighted by Crippen LogP contribution is 2.79. The Morgan fingerprint density at radius 2 is 1.50 bits per heavy atom. The maximum atomic E-state index is 2.48. The van der Waals surface area contributed by atoms with Crippen molar-refractivity contribution >= 4 is 7.92 Å². The minimum atomic E-state index is 0.444. The fraction of sp³-hybridized carbons (Fsp3) is 0.882. The molecule has 4 aliphatic rings. The molecule has 4 rings (SSSR count). The van der Waals surface area contributed by atoms with Gasteiger partial charge in [0.05, 0.1) is 0 Å². The average molecular weight is 262 g/mol. The molecule has 0 amide bonds. The van der Waals surface area contributed by atoms with Crippen LogP contribution >= 0.6 is 7.92 Å². The molecule has 3 unspecified atom stereocenters. The summed E-state index contributed by atoms with van der Waals surface area (Å²) in [5.74, 6) is 1.11. The molecule has 0 bridgehead atoms. The van der Waals surface area contributed by atoms with Crippen molar-refractivity contribution in [2.24, 2.45) is 5.92 Å². The van der Waals surface area contributed by atoms with Gasteiger partial charge < -0.3 is 0 Å². The lowest BCUT2D eigenvalue weighted by Gasteiger charge is -2.40. The molecule has 3 heterocycles. The molecular weight excluding hydrogens is 235 g/mol. The zero-order valence-electron chi connectivity index (χ0n) is 11.6. The van der Waals surface area contributed by atoms with Crippen LogP contribution in [-0.2, 0) is 0 Å². The van der Waals surface area contributed by atoms with E-state index in [0.29, 0.717) is 7.92 Å². The van der Waals surface area contributed by atoms with E-state index in [1.807, 2.05) is 0 Å². The Bertz CT molecular complexity index is 330. The molecular formula is C17H27P. The van der Waals surface area contributed by atoms with Gasteiger partial charge in [0.25, 0.3) is 0 Å². The van der Waals surface area contributed by atoms with Crippen LogP contribution in [0.5, 0.6) is 0 Å². The Kier molecular flexibility index (Phi) is 3.07. The summed E-state index contributed by atoms with van der Waals surface area (Å²) in [5, 5.41) is 0.895. The topological polar surface area (TPSA) is 0 Å². The van der Waals surface area contributed by atoms with Crippen LogP contribution < -0.4 is 0 Å². The molecule has 0 saturated carbocycles. The molecule has 0 radical (unpaired) electrons. The third-order valence-electron chi connectivity index (χ3n) is 6.49. The summed E-state index contributed by atoms with van der Waals surface area (Å²) < 4.78 is 0. The second-order valence-corrected chi connectivity index (χ2v) is 10.3. The van der Waals surface area contributed by atoms with E-state index in [2.05, 4.69) is 12.2 Å². The zero-order valence-corrected chi connectivity index (χ0v) is 12.5. The molecule has 0 aromatic carbocycles. The highest BCUT2D eigenvalue weighted by atomic mass is 31.1. The molecule has 3 atom stereocenters. The standard InChI is InChI=1S/C17H27P/c1-2-4-6-14(7-5-3-1)17-12-10-15-8-9-16(11-13-17)18(15)17/h1-2,14-16H,3-13H2/b2-1-. The van der Waals surface area contributed by atoms with Crippen molar-refractivity contribution in [2.75, 3.05) is 0 Å². The lowest BCUT2D eigenvalue weighted by Crippen LogP contribution is -2.31. The molecule has 100 valence electrons. The van der Waals surface area contributed by atoms with Crippen LogP contribution in [0.3, 0.4) is 0 Å². The Morgan fingerprint density at radius 1 is 0.778 bits per heavy atom. The predicted octanol–water partition coefficient (Wildman–Crippen LogP) is 5.46. The maximum Gasteiger partial charge on any atom is -0.00607 e. The van der Waals surface area contributed by atoms with Crippen molar-refractivity contribution in [3.63, 3.8) is 0 Å². The van der Waals surface area contributed by atoms with E-state index in [1.54, 1.807) is 44.9 Å². The van der Waals surface area contributed by atoms with Crippen LogP contribution in [-0.4, -0.2) is 16.5 Å². The molecule has 3 fully saturated rings. The molecule has 0 aromatic heterocycles. The summed E-state index contributed by atoms with van der Waals surface area (Å²) in [6, 6.07) is 0. The van der Waals surface area contributed by atoms with Gasteiger partial charge in [-0.3, -0.25) is 0 Å². The average Bonchev–Trinajstić information content (AvgIpc) is 2.96. The monoisotopic (exact) mass is 262 g/mol. The summed E-state index contributed by atoms with van der Waals surface area (Å²) in [4.78, 5) is 0. The van der Waals surface area contributed by atoms with Crippen LogP contribution in [0, 0.1) is 5.92 Å². The van der Waals surface area contributed by atoms with E-state index in [-0.39, 0.29) is 0 Å². The summed E-state index contributed by atoms with van der Waals surface area (Å²) in [6.45, 7) is 0. The number of allylic oxidation sites excluding steroid dienone is 2. The summed E-state index contributed by atoms with van der Waals surface area (Å²) >= 11 is 0. The zero-order chi connectivity index (χ0) is 12.0. The smallest absolute Gasteiger partial charge is 0.00607 e. The molecule has 0 aromatic rings. The molecule has 0 nitrogen and oxygen atoms in total. The van der Waals surface area contributed by atoms with Gasteiger partial charge in [-0.05, 0) is 93.0 Å². The van der Waals surface area contributed by atoms with Crippen molar-refractivity contribution in [3.05, 3.63) is 12.2 Å². The van der Waals surface area contributed by atoms with E-state index in [9.17, 15) is 0 Å². The minimum Gasteiger partial charge on any atom is -0.0937 e. The molecule has 1 aliphatic carbocycles. The largest absolute Gasteiger partial charge is 0.0937 e. The molecule has 0 N–H and O–H groups in total. The highest BCUT2D eigenvalue weighted by Gasteiger charge is 2.59. The van der Waals surface area contributed by atoms with Gasteiger partial charge in [-0.1, -0.05) is 20.1 Å². The number of hydrogen-bond donors (Lipinski definition) is 0. The molecule has 1 heteroatoms. The van der Waals surface area contributed by atoms with Crippen LogP contribution in [0.4, 0.5) is 0 Å². The van der Waals surface area contributed by atoms with Gasteiger partial charge in [0.2, 0.25) is 0 Å². The van der Waals surface area contributed by atoms with Crippen LogP contribution in [0.25, 0.3) is 0 Å². The second-order valence-electron chi connectivity index (χ2n) is 7.15. The van der Waals surface area contributed by atoms with Crippen LogP contribution in [0.1, 0.15) is 70.6 Å². The van der Waals surface area contributed by atoms with E-state index >= 15 is 0 Å². The third kappa shape index (κ3) is 1.67. The summed E-state index contributed by atoms with van der Waals surface area (Å²) in [7, 11) is 0.444. The highest BCUT2D eigenvalue weighted by molar-refractivity contribution is 7.62. The van der Waals surface area contributed by atoms with Crippen molar-refractivity contribution in [1.82, 2.24) is 0 Å². The predicted molar refractivity (Wildman–Crippen MR) is 80.6 cm³/mol. The van der Waals surface area contributed by atoms with Gasteiger partial charge in [-0.25, -0.2) is 0 Å². The van der Waals surface area contributed by atoms with Gasteiger partial charge in [-0.15, -0.1) is 0 Å². The van der Waals surface area contributed by atoms with Crippen LogP contribution in [0.2, 0.25) is 0 Å². The van der Waals surface area contributed by atoms with Crippen molar-refractivity contribution in [3.8, 4) is 0 Å². The quantitative estimate of drug-likeness (QED) is 0.434. The molecule has 18 heavy (non-hydrogen) atoms. The molecule has 0 spiro atoms. The van der Waals surface area contributed by atoms with E-state index in [0.717, 1.165) is 11.1 Å². The lowest BCUT2D eigenvalue weighted by atomic mass is 9.78. The normalized spacial score (nSPS) is 52.9. The number of rotatable bonds is 1. The maximum absolute atomic E-state index is 2.48. The van der Waals surface area contributed by atoms with Gasteiger partial charge >= 0.3 is 0 Å². The fourth-order valence-electron chi connectivity index (χ4n) is 5.79. The van der Waals surface area contributed by atoms with Crippen LogP contribution in [0.15, 0.2) is 12.2 Å². The number of hydrogen-bond acceptors (Lipinski definition) is 0. The first-order valence-electron chi connectivity index (χ1n) is 8.34. The summed E-state index contributed by atoms with van der Waals surface area (Å²) in [5.41, 5.74) is 2.43. The third-order valence-corrected chi connectivity index (χ3v) is 10.9. The van der Waals surface area contributed by atoms with Crippen molar-refractivity contribution in [1.29, 1.82) is 0 Å². The van der Waals surface area contributed by atoms with Gasteiger partial charge in [0.15, 0.2) is 0 Å². The first-order chi connectivity index (χ1) is 8.90. The lowest BCUT2D eigenvalue weighted by molar-refractivity contribution is 0.303. The summed E-state index contributed by atoms with van der Waals surface area (Å²) in [6.07, 6.45) is 21.9.